The first-order valence-corrected chi connectivity index (χ1v) is 7.51. The molecule has 0 aromatic heterocycles. The maximum absolute atomic E-state index is 12.1. The molecular formula is C15H26N2O3. The minimum Gasteiger partial charge on any atom is -0.481 e. The van der Waals surface area contributed by atoms with Crippen molar-refractivity contribution in [2.45, 2.75) is 46.5 Å². The molecule has 2 rings (SSSR count). The maximum atomic E-state index is 12.1. The van der Waals surface area contributed by atoms with E-state index in [2.05, 4.69) is 19.2 Å². The van der Waals surface area contributed by atoms with Gasteiger partial charge in [0.1, 0.15) is 0 Å². The van der Waals surface area contributed by atoms with Gasteiger partial charge in [0.05, 0.1) is 5.41 Å². The number of urea groups is 1. The molecule has 1 aliphatic heterocycles. The van der Waals surface area contributed by atoms with Gasteiger partial charge in [-0.1, -0.05) is 20.3 Å². The standard InChI is InChI=1S/C15H26N2O3/c1-14(2)6-4-5-11(14)9-16-13(20)17-8-7-15(3,10-17)12(18)19/h11H,4-10H2,1-3H3,(H,16,20)(H,18,19). The van der Waals surface area contributed by atoms with Crippen molar-refractivity contribution in [2.75, 3.05) is 19.6 Å². The van der Waals surface area contributed by atoms with Crippen molar-refractivity contribution in [3.05, 3.63) is 0 Å². The number of carbonyl (C=O) groups is 2. The Hall–Kier alpha value is -1.26. The van der Waals surface area contributed by atoms with E-state index in [0.717, 1.165) is 0 Å². The second-order valence-electron chi connectivity index (χ2n) is 7.30. The first-order valence-electron chi connectivity index (χ1n) is 7.51. The monoisotopic (exact) mass is 282 g/mol. The molecule has 0 aromatic carbocycles. The van der Waals surface area contributed by atoms with Crippen molar-refractivity contribution < 1.29 is 14.7 Å². The summed E-state index contributed by atoms with van der Waals surface area (Å²) >= 11 is 0. The third kappa shape index (κ3) is 2.91. The number of likely N-dealkylation sites (tertiary alicyclic amines) is 1. The van der Waals surface area contributed by atoms with Crippen LogP contribution in [0.3, 0.4) is 0 Å². The largest absolute Gasteiger partial charge is 0.481 e. The van der Waals surface area contributed by atoms with Crippen molar-refractivity contribution >= 4 is 12.0 Å². The van der Waals surface area contributed by atoms with E-state index in [1.165, 1.54) is 19.3 Å². The number of carboxylic acid groups (broad SMARTS) is 1. The Kier molecular flexibility index (Phi) is 3.98. The number of aliphatic carboxylic acids is 1. The number of hydrogen-bond acceptors (Lipinski definition) is 2. The molecule has 1 saturated heterocycles. The van der Waals surface area contributed by atoms with Gasteiger partial charge in [0, 0.05) is 19.6 Å². The van der Waals surface area contributed by atoms with Crippen molar-refractivity contribution in [3.63, 3.8) is 0 Å². The number of carbonyl (C=O) groups excluding carboxylic acids is 1. The lowest BCUT2D eigenvalue weighted by atomic mass is 9.82. The van der Waals surface area contributed by atoms with Crippen LogP contribution in [0.25, 0.3) is 0 Å². The number of amides is 2. The maximum Gasteiger partial charge on any atom is 0.317 e. The highest BCUT2D eigenvalue weighted by Crippen LogP contribution is 2.42. The second-order valence-corrected chi connectivity index (χ2v) is 7.30. The fourth-order valence-corrected chi connectivity index (χ4v) is 3.41. The van der Waals surface area contributed by atoms with Gasteiger partial charge in [-0.15, -0.1) is 0 Å². The van der Waals surface area contributed by atoms with Crippen molar-refractivity contribution in [1.29, 1.82) is 0 Å². The zero-order valence-electron chi connectivity index (χ0n) is 12.7. The van der Waals surface area contributed by atoms with Crippen LogP contribution in [0, 0.1) is 16.7 Å². The molecule has 114 valence electrons. The summed E-state index contributed by atoms with van der Waals surface area (Å²) in [5.74, 6) is -0.287. The van der Waals surface area contributed by atoms with Crippen LogP contribution in [0.15, 0.2) is 0 Å². The van der Waals surface area contributed by atoms with E-state index in [4.69, 9.17) is 0 Å². The fraction of sp³-hybridized carbons (Fsp3) is 0.867. The Labute approximate surface area is 120 Å². The molecule has 5 heteroatoms. The highest BCUT2D eigenvalue weighted by atomic mass is 16.4. The summed E-state index contributed by atoms with van der Waals surface area (Å²) in [5.41, 5.74) is -0.488. The predicted molar refractivity (Wildman–Crippen MR) is 76.5 cm³/mol. The van der Waals surface area contributed by atoms with E-state index < -0.39 is 11.4 Å². The lowest BCUT2D eigenvalue weighted by Gasteiger charge is -2.28. The molecule has 2 atom stereocenters. The van der Waals surface area contributed by atoms with Gasteiger partial charge in [-0.05, 0) is 37.5 Å². The molecule has 2 fully saturated rings. The molecule has 2 unspecified atom stereocenters. The Morgan fingerprint density at radius 2 is 2.00 bits per heavy atom. The Balaban J connectivity index is 1.83. The van der Waals surface area contributed by atoms with Crippen LogP contribution in [0.2, 0.25) is 0 Å². The summed E-state index contributed by atoms with van der Waals surface area (Å²) in [6.45, 7) is 7.77. The number of nitrogens with one attached hydrogen (secondary N) is 1. The molecule has 0 aromatic rings. The van der Waals surface area contributed by atoms with Crippen molar-refractivity contribution in [1.82, 2.24) is 10.2 Å². The Bertz CT molecular complexity index is 408. The minimum atomic E-state index is -0.815. The summed E-state index contributed by atoms with van der Waals surface area (Å²) in [6.07, 6.45) is 4.15. The Morgan fingerprint density at radius 3 is 2.50 bits per heavy atom. The van der Waals surface area contributed by atoms with Crippen molar-refractivity contribution in [2.24, 2.45) is 16.7 Å². The minimum absolute atomic E-state index is 0.113. The molecule has 2 N–H and O–H groups in total. The molecule has 1 saturated carbocycles. The summed E-state index contributed by atoms with van der Waals surface area (Å²) in [5, 5.41) is 12.2. The number of carboxylic acids is 1. The van der Waals surface area contributed by atoms with Crippen molar-refractivity contribution in [3.8, 4) is 0 Å². The van der Waals surface area contributed by atoms with Gasteiger partial charge < -0.3 is 15.3 Å². The van der Waals surface area contributed by atoms with Gasteiger partial charge in [-0.3, -0.25) is 4.79 Å². The molecule has 5 nitrogen and oxygen atoms in total. The molecule has 0 radical (unpaired) electrons. The van der Waals surface area contributed by atoms with Crippen LogP contribution < -0.4 is 5.32 Å². The van der Waals surface area contributed by atoms with Crippen LogP contribution >= 0.6 is 0 Å². The molecule has 1 aliphatic carbocycles. The van der Waals surface area contributed by atoms with Crippen LogP contribution in [-0.4, -0.2) is 41.6 Å². The summed E-state index contributed by atoms with van der Waals surface area (Å²) in [7, 11) is 0. The average molecular weight is 282 g/mol. The van der Waals surface area contributed by atoms with Crippen LogP contribution in [0.4, 0.5) is 4.79 Å². The normalized spacial score (nSPS) is 32.4. The molecule has 2 aliphatic rings. The van der Waals surface area contributed by atoms with E-state index in [1.807, 2.05) is 0 Å². The summed E-state index contributed by atoms with van der Waals surface area (Å²) in [4.78, 5) is 25.0. The lowest BCUT2D eigenvalue weighted by molar-refractivity contribution is -0.146. The number of hydrogen-bond donors (Lipinski definition) is 2. The molecular weight excluding hydrogens is 256 g/mol. The van der Waals surface area contributed by atoms with Gasteiger partial charge in [0.15, 0.2) is 0 Å². The van der Waals surface area contributed by atoms with E-state index in [0.29, 0.717) is 37.4 Å². The van der Waals surface area contributed by atoms with E-state index in [9.17, 15) is 14.7 Å². The molecule has 2 amide bonds. The van der Waals surface area contributed by atoms with Crippen LogP contribution in [0.5, 0.6) is 0 Å². The smallest absolute Gasteiger partial charge is 0.317 e. The first kappa shape index (κ1) is 15.1. The van der Waals surface area contributed by atoms with E-state index >= 15 is 0 Å². The van der Waals surface area contributed by atoms with Gasteiger partial charge in [0.2, 0.25) is 0 Å². The predicted octanol–water partition coefficient (Wildman–Crippen LogP) is 2.32. The summed E-state index contributed by atoms with van der Waals surface area (Å²) < 4.78 is 0. The average Bonchev–Trinajstić information content (AvgIpc) is 2.91. The quantitative estimate of drug-likeness (QED) is 0.834. The molecule has 20 heavy (non-hydrogen) atoms. The van der Waals surface area contributed by atoms with Gasteiger partial charge in [-0.2, -0.15) is 0 Å². The second kappa shape index (κ2) is 5.26. The Morgan fingerprint density at radius 1 is 1.30 bits per heavy atom. The van der Waals surface area contributed by atoms with Gasteiger partial charge in [0.25, 0.3) is 0 Å². The topological polar surface area (TPSA) is 69.6 Å². The van der Waals surface area contributed by atoms with Crippen LogP contribution in [-0.2, 0) is 4.79 Å². The summed E-state index contributed by atoms with van der Waals surface area (Å²) in [6, 6.07) is -0.113. The SMILES string of the molecule is CC1(C(=O)O)CCN(C(=O)NCC2CCCC2(C)C)C1. The number of nitrogens with zero attached hydrogens (tertiary/aromatic N) is 1. The van der Waals surface area contributed by atoms with Gasteiger partial charge >= 0.3 is 12.0 Å². The molecule has 1 heterocycles. The highest BCUT2D eigenvalue weighted by molar-refractivity contribution is 5.79. The third-order valence-electron chi connectivity index (χ3n) is 5.26. The molecule has 0 bridgehead atoms. The first-order chi connectivity index (χ1) is 9.24. The fourth-order valence-electron chi connectivity index (χ4n) is 3.41. The van der Waals surface area contributed by atoms with Crippen LogP contribution in [0.1, 0.15) is 46.5 Å². The highest BCUT2D eigenvalue weighted by Gasteiger charge is 2.42. The van der Waals surface area contributed by atoms with E-state index in [-0.39, 0.29) is 6.03 Å². The zero-order valence-corrected chi connectivity index (χ0v) is 12.7. The molecule has 0 spiro atoms. The van der Waals surface area contributed by atoms with Gasteiger partial charge in [-0.25, -0.2) is 4.79 Å². The number of rotatable bonds is 3. The van der Waals surface area contributed by atoms with E-state index in [1.54, 1.807) is 11.8 Å². The zero-order chi connectivity index (χ0) is 15.0. The lowest BCUT2D eigenvalue weighted by Crippen LogP contribution is -2.43. The third-order valence-corrected chi connectivity index (χ3v) is 5.26.